The van der Waals surface area contributed by atoms with Crippen molar-refractivity contribution in [3.63, 3.8) is 0 Å². The van der Waals surface area contributed by atoms with Crippen molar-refractivity contribution in [2.24, 2.45) is 0 Å². The van der Waals surface area contributed by atoms with Gasteiger partial charge >= 0.3 is 5.97 Å². The van der Waals surface area contributed by atoms with Gasteiger partial charge in [-0.15, -0.1) is 0 Å². The highest BCUT2D eigenvalue weighted by atomic mass is 32.2. The number of sulfonamides is 1. The lowest BCUT2D eigenvalue weighted by molar-refractivity contribution is -0.154. The van der Waals surface area contributed by atoms with Gasteiger partial charge in [-0.3, -0.25) is 9.59 Å². The Hall–Kier alpha value is -2.33. The van der Waals surface area contributed by atoms with Gasteiger partial charge in [0.05, 0.1) is 24.5 Å². The molecule has 1 aromatic rings. The number of carbonyl (C=O) groups is 2. The number of carbonyl (C=O) groups excluding carboxylic acids is 2. The zero-order valence-electron chi connectivity index (χ0n) is 15.6. The number of amides is 1. The number of hydrogen-bond donors (Lipinski definition) is 2. The quantitative estimate of drug-likeness (QED) is 0.604. The van der Waals surface area contributed by atoms with Crippen LogP contribution in [0, 0.1) is 0 Å². The second-order valence-corrected chi connectivity index (χ2v) is 8.49. The Balaban J connectivity index is 1.48. The summed E-state index contributed by atoms with van der Waals surface area (Å²) in [4.78, 5) is 23.6. The van der Waals surface area contributed by atoms with Crippen LogP contribution in [-0.4, -0.2) is 52.2 Å². The van der Waals surface area contributed by atoms with E-state index in [-0.39, 0.29) is 29.8 Å². The normalized spacial score (nSPS) is 17.3. The summed E-state index contributed by atoms with van der Waals surface area (Å²) < 4.78 is 43.2. The summed E-state index contributed by atoms with van der Waals surface area (Å²) in [6, 6.07) is 4.53. The topological polar surface area (TPSA) is 120 Å². The van der Waals surface area contributed by atoms with Crippen LogP contribution < -0.4 is 19.5 Å². The van der Waals surface area contributed by atoms with Crippen LogP contribution in [0.2, 0.25) is 0 Å². The van der Waals surface area contributed by atoms with Crippen molar-refractivity contribution in [1.29, 1.82) is 0 Å². The lowest BCUT2D eigenvalue weighted by atomic mass is 10.3. The van der Waals surface area contributed by atoms with Crippen molar-refractivity contribution in [3.05, 3.63) is 18.2 Å². The molecule has 1 aliphatic heterocycles. The van der Waals surface area contributed by atoms with E-state index in [1.165, 1.54) is 19.1 Å². The fraction of sp³-hybridized carbons (Fsp3) is 0.556. The molecule has 1 atom stereocenters. The Kier molecular flexibility index (Phi) is 6.40. The fourth-order valence-electron chi connectivity index (χ4n) is 2.54. The van der Waals surface area contributed by atoms with Crippen LogP contribution in [0.4, 0.5) is 0 Å². The maximum Gasteiger partial charge on any atom is 0.307 e. The van der Waals surface area contributed by atoms with Crippen LogP contribution in [0.15, 0.2) is 23.1 Å². The van der Waals surface area contributed by atoms with Crippen LogP contribution in [0.5, 0.6) is 11.5 Å². The molecule has 0 spiro atoms. The molecule has 0 radical (unpaired) electrons. The van der Waals surface area contributed by atoms with E-state index in [0.717, 1.165) is 12.8 Å². The maximum atomic E-state index is 12.4. The van der Waals surface area contributed by atoms with Gasteiger partial charge in [0.25, 0.3) is 5.91 Å². The predicted octanol–water partition coefficient (Wildman–Crippen LogP) is 0.727. The van der Waals surface area contributed by atoms with Crippen molar-refractivity contribution in [3.8, 4) is 11.5 Å². The zero-order valence-corrected chi connectivity index (χ0v) is 16.4. The highest BCUT2D eigenvalue weighted by Gasteiger charge is 2.27. The van der Waals surface area contributed by atoms with E-state index in [1.807, 2.05) is 0 Å². The zero-order chi connectivity index (χ0) is 20.1. The van der Waals surface area contributed by atoms with Gasteiger partial charge in [-0.2, -0.15) is 0 Å². The van der Waals surface area contributed by atoms with Gasteiger partial charge in [0, 0.05) is 25.1 Å². The molecule has 0 saturated heterocycles. The molecular weight excluding hydrogens is 388 g/mol. The van der Waals surface area contributed by atoms with E-state index < -0.39 is 22.1 Å². The Morgan fingerprint density at radius 2 is 1.93 bits per heavy atom. The summed E-state index contributed by atoms with van der Waals surface area (Å²) in [5, 5.41) is 2.74. The van der Waals surface area contributed by atoms with Gasteiger partial charge in [0.15, 0.2) is 17.6 Å². The molecule has 2 N–H and O–H groups in total. The van der Waals surface area contributed by atoms with E-state index in [1.54, 1.807) is 6.07 Å². The minimum atomic E-state index is -3.83. The highest BCUT2D eigenvalue weighted by Crippen LogP contribution is 2.31. The summed E-state index contributed by atoms with van der Waals surface area (Å²) in [6.07, 6.45) is 1.49. The van der Waals surface area contributed by atoms with E-state index in [0.29, 0.717) is 31.1 Å². The third kappa shape index (κ3) is 5.59. The lowest BCUT2D eigenvalue weighted by Gasteiger charge is -2.13. The average Bonchev–Trinajstić information content (AvgIpc) is 3.47. The Bertz CT molecular complexity index is 836. The molecule has 154 valence electrons. The maximum absolute atomic E-state index is 12.4. The lowest BCUT2D eigenvalue weighted by Crippen LogP contribution is -2.37. The van der Waals surface area contributed by atoms with E-state index in [4.69, 9.17) is 14.2 Å². The molecule has 1 aliphatic carbocycles. The van der Waals surface area contributed by atoms with Crippen molar-refractivity contribution >= 4 is 21.9 Å². The average molecular weight is 412 g/mol. The van der Waals surface area contributed by atoms with E-state index >= 15 is 0 Å². The SMILES string of the molecule is C[C@@H](OC(=O)CCNS(=O)(=O)c1ccc2c(c1)OCCCO2)C(=O)NC1CC1. The molecule has 28 heavy (non-hydrogen) atoms. The smallest absolute Gasteiger partial charge is 0.307 e. The minimum Gasteiger partial charge on any atom is -0.490 e. The number of fused-ring (bicyclic) bond motifs is 1. The number of rotatable bonds is 8. The Morgan fingerprint density at radius 1 is 1.21 bits per heavy atom. The summed E-state index contributed by atoms with van der Waals surface area (Å²) >= 11 is 0. The third-order valence-electron chi connectivity index (χ3n) is 4.25. The summed E-state index contributed by atoms with van der Waals surface area (Å²) in [5.74, 6) is -0.128. The van der Waals surface area contributed by atoms with Gasteiger partial charge in [0.1, 0.15) is 0 Å². The molecule has 10 heteroatoms. The first-order valence-electron chi connectivity index (χ1n) is 9.24. The number of benzene rings is 1. The molecule has 1 saturated carbocycles. The van der Waals surface area contributed by atoms with Crippen LogP contribution in [-0.2, 0) is 24.3 Å². The molecule has 1 heterocycles. The second kappa shape index (κ2) is 8.78. The van der Waals surface area contributed by atoms with Crippen molar-refractivity contribution in [2.75, 3.05) is 19.8 Å². The third-order valence-corrected chi connectivity index (χ3v) is 5.71. The largest absolute Gasteiger partial charge is 0.490 e. The number of hydrogen-bond acceptors (Lipinski definition) is 7. The molecule has 9 nitrogen and oxygen atoms in total. The standard InChI is InChI=1S/C18H24N2O7S/c1-12(18(22)20-13-3-4-13)27-17(21)7-8-19-28(23,24)14-5-6-15-16(11-14)26-10-2-9-25-15/h5-6,11-13,19H,2-4,7-10H2,1H3,(H,20,22)/t12-/m1/s1. The van der Waals surface area contributed by atoms with Crippen LogP contribution in [0.1, 0.15) is 32.6 Å². The molecule has 0 aromatic heterocycles. The highest BCUT2D eigenvalue weighted by molar-refractivity contribution is 7.89. The van der Waals surface area contributed by atoms with E-state index in [2.05, 4.69) is 10.0 Å². The fourth-order valence-corrected chi connectivity index (χ4v) is 3.58. The van der Waals surface area contributed by atoms with Crippen molar-refractivity contribution < 1.29 is 32.2 Å². The molecule has 1 amide bonds. The Labute approximate surface area is 163 Å². The minimum absolute atomic E-state index is 0.0160. The summed E-state index contributed by atoms with van der Waals surface area (Å²) in [5.41, 5.74) is 0. The molecule has 2 aliphatic rings. The first kappa shape index (κ1) is 20.4. The first-order chi connectivity index (χ1) is 13.3. The molecule has 1 fully saturated rings. The molecule has 0 unspecified atom stereocenters. The van der Waals surface area contributed by atoms with Crippen LogP contribution in [0.3, 0.4) is 0 Å². The van der Waals surface area contributed by atoms with Crippen LogP contribution >= 0.6 is 0 Å². The number of esters is 1. The second-order valence-electron chi connectivity index (χ2n) is 6.72. The van der Waals surface area contributed by atoms with Gasteiger partial charge in [-0.1, -0.05) is 0 Å². The molecule has 3 rings (SSSR count). The monoisotopic (exact) mass is 412 g/mol. The number of ether oxygens (including phenoxy) is 3. The van der Waals surface area contributed by atoms with Crippen molar-refractivity contribution in [2.45, 2.75) is 49.6 Å². The summed E-state index contributed by atoms with van der Waals surface area (Å²) in [6.45, 7) is 2.29. The van der Waals surface area contributed by atoms with Crippen molar-refractivity contribution in [1.82, 2.24) is 10.0 Å². The first-order valence-corrected chi connectivity index (χ1v) is 10.7. The van der Waals surface area contributed by atoms with Gasteiger partial charge in [-0.05, 0) is 31.9 Å². The Morgan fingerprint density at radius 3 is 2.64 bits per heavy atom. The predicted molar refractivity (Wildman–Crippen MR) is 98.6 cm³/mol. The molecule has 0 bridgehead atoms. The van der Waals surface area contributed by atoms with Gasteiger partial charge in [-0.25, -0.2) is 13.1 Å². The molecule has 1 aromatic carbocycles. The van der Waals surface area contributed by atoms with Gasteiger partial charge in [0.2, 0.25) is 10.0 Å². The molecular formula is C18H24N2O7S. The van der Waals surface area contributed by atoms with Crippen LogP contribution in [0.25, 0.3) is 0 Å². The summed E-state index contributed by atoms with van der Waals surface area (Å²) in [7, 11) is -3.83. The number of nitrogens with one attached hydrogen (secondary N) is 2. The van der Waals surface area contributed by atoms with Gasteiger partial charge < -0.3 is 19.5 Å². The van der Waals surface area contributed by atoms with E-state index in [9.17, 15) is 18.0 Å².